The fourth-order valence-corrected chi connectivity index (χ4v) is 5.38. The molecule has 0 atom stereocenters. The smallest absolute Gasteiger partial charge is 0.341 e. The van der Waals surface area contributed by atoms with E-state index in [9.17, 15) is 4.79 Å². The molecule has 11 nitrogen and oxygen atoms in total. The van der Waals surface area contributed by atoms with E-state index in [0.717, 1.165) is 57.5 Å². The molecule has 0 saturated carbocycles. The standard InChI is InChI=1S/C18H20N2O.C14H12N2O.C8H8O3.C6H8N2.C4H9Br.CH4/c1-14(2)12-20-17-11-7-6-10-16(17)19-18(20)13-21-15-8-4-3-5-9-15;1-2-6-11(7-3-1)17-10-14-15-12-8-4-5-9-13(12)16-14;9-8(10)6-11-7-4-2-1-3-5-7;7-5-3-1-2-4-6(5)8;1-4(2)3-5;/h3-11,14H,12-13H2,1-2H3;1-9H,10H2,(H,15,16);1-5H,6H2,(H,9,10);1-4H,7-8H2;4H,3H2,1-2H3;1H4. The summed E-state index contributed by atoms with van der Waals surface area (Å²) in [6, 6.07) is 51.9. The van der Waals surface area contributed by atoms with Crippen molar-refractivity contribution in [3.05, 3.63) is 175 Å². The van der Waals surface area contributed by atoms with Crippen LogP contribution < -0.4 is 25.7 Å². The molecule has 63 heavy (non-hydrogen) atoms. The monoisotopic (exact) mass is 916 g/mol. The van der Waals surface area contributed by atoms with E-state index in [1.54, 1.807) is 36.4 Å². The van der Waals surface area contributed by atoms with Crippen molar-refractivity contribution in [2.45, 2.75) is 54.9 Å². The molecule has 0 bridgehead atoms. The minimum Gasteiger partial charge on any atom is -0.486 e. The number of nitrogens with zero attached hydrogens (tertiary/aromatic N) is 3. The molecular weight excluding hydrogens is 857 g/mol. The molecular formula is C51H61BrN6O5. The van der Waals surface area contributed by atoms with E-state index >= 15 is 0 Å². The number of nitrogen functional groups attached to an aromatic ring is 2. The van der Waals surface area contributed by atoms with Gasteiger partial charge in [0.05, 0.1) is 33.4 Å². The Hall–Kier alpha value is -6.79. The highest BCUT2D eigenvalue weighted by Gasteiger charge is 2.12. The maximum absolute atomic E-state index is 10.0. The number of imidazole rings is 2. The van der Waals surface area contributed by atoms with Gasteiger partial charge in [-0.15, -0.1) is 0 Å². The number of rotatable bonds is 12. The first-order valence-electron chi connectivity index (χ1n) is 20.3. The molecule has 0 unspecified atom stereocenters. The summed E-state index contributed by atoms with van der Waals surface area (Å²) >= 11 is 3.31. The zero-order chi connectivity index (χ0) is 44.5. The van der Waals surface area contributed by atoms with Crippen LogP contribution in [0.25, 0.3) is 22.1 Å². The summed E-state index contributed by atoms with van der Waals surface area (Å²) in [6.45, 7) is 10.4. The van der Waals surface area contributed by atoms with E-state index in [4.69, 9.17) is 35.8 Å². The number of aromatic nitrogens is 4. The number of carbonyl (C=O) groups is 1. The molecule has 12 heteroatoms. The number of para-hydroxylation sites is 9. The number of H-pyrrole nitrogens is 1. The maximum Gasteiger partial charge on any atom is 0.341 e. The highest BCUT2D eigenvalue weighted by Crippen LogP contribution is 2.20. The second kappa shape index (κ2) is 27.9. The topological polar surface area (TPSA) is 164 Å². The fraction of sp³-hybridized carbons (Fsp3) is 0.235. The van der Waals surface area contributed by atoms with Crippen molar-refractivity contribution in [1.29, 1.82) is 0 Å². The third-order valence-electron chi connectivity index (χ3n) is 8.36. The van der Waals surface area contributed by atoms with Crippen LogP contribution in [-0.2, 0) is 24.6 Å². The van der Waals surface area contributed by atoms with Crippen LogP contribution in [0.15, 0.2) is 164 Å². The second-order valence-electron chi connectivity index (χ2n) is 14.6. The Morgan fingerprint density at radius 1 is 0.619 bits per heavy atom. The molecule has 0 radical (unpaired) electrons. The lowest BCUT2D eigenvalue weighted by atomic mass is 10.2. The van der Waals surface area contributed by atoms with Crippen LogP contribution in [0, 0.1) is 11.8 Å². The Kier molecular flexibility index (Phi) is 22.4. The van der Waals surface area contributed by atoms with Crippen LogP contribution in [-0.4, -0.2) is 42.5 Å². The van der Waals surface area contributed by atoms with Crippen LogP contribution in [0.4, 0.5) is 11.4 Å². The Labute approximate surface area is 380 Å². The summed E-state index contributed by atoms with van der Waals surface area (Å²) in [7, 11) is 0. The highest BCUT2D eigenvalue weighted by atomic mass is 79.9. The molecule has 8 aromatic rings. The summed E-state index contributed by atoms with van der Waals surface area (Å²) in [5.41, 5.74) is 16.3. The van der Waals surface area contributed by atoms with Crippen LogP contribution in [0.3, 0.4) is 0 Å². The molecule has 6 aromatic carbocycles. The van der Waals surface area contributed by atoms with Gasteiger partial charge in [0.25, 0.3) is 0 Å². The number of nitrogens with two attached hydrogens (primary N) is 2. The number of alkyl halides is 1. The van der Waals surface area contributed by atoms with Crippen LogP contribution in [0.5, 0.6) is 17.2 Å². The Bertz CT molecular complexity index is 2410. The minimum absolute atomic E-state index is 0. The lowest BCUT2D eigenvalue weighted by Crippen LogP contribution is -2.10. The van der Waals surface area contributed by atoms with Gasteiger partial charge in [0.15, 0.2) is 6.61 Å². The highest BCUT2D eigenvalue weighted by molar-refractivity contribution is 9.09. The van der Waals surface area contributed by atoms with Crippen molar-refractivity contribution >= 4 is 55.3 Å². The number of aromatic amines is 1. The number of halogens is 1. The van der Waals surface area contributed by atoms with Crippen molar-refractivity contribution in [1.82, 2.24) is 19.5 Å². The fourth-order valence-electron chi connectivity index (χ4n) is 5.38. The normalized spacial score (nSPS) is 10.1. The number of benzene rings is 6. The van der Waals surface area contributed by atoms with Crippen molar-refractivity contribution in [3.63, 3.8) is 0 Å². The first-order chi connectivity index (χ1) is 30.0. The van der Waals surface area contributed by atoms with Gasteiger partial charge in [-0.05, 0) is 84.6 Å². The average molecular weight is 918 g/mol. The van der Waals surface area contributed by atoms with Gasteiger partial charge in [-0.3, -0.25) is 0 Å². The molecule has 2 heterocycles. The van der Waals surface area contributed by atoms with E-state index in [1.807, 2.05) is 109 Å². The molecule has 0 saturated heterocycles. The second-order valence-corrected chi connectivity index (χ2v) is 15.2. The zero-order valence-electron chi connectivity index (χ0n) is 35.7. The van der Waals surface area contributed by atoms with E-state index in [-0.39, 0.29) is 14.0 Å². The van der Waals surface area contributed by atoms with Crippen molar-refractivity contribution in [3.8, 4) is 17.2 Å². The molecule has 0 fully saturated rings. The van der Waals surface area contributed by atoms with Gasteiger partial charge < -0.3 is 40.3 Å². The number of ether oxygens (including phenoxy) is 3. The first-order valence-corrected chi connectivity index (χ1v) is 21.4. The third kappa shape index (κ3) is 18.8. The Balaban J connectivity index is 0.000000225. The van der Waals surface area contributed by atoms with Crippen LogP contribution >= 0.6 is 15.9 Å². The number of aliphatic carboxylic acids is 1. The van der Waals surface area contributed by atoms with E-state index in [1.165, 1.54) is 5.52 Å². The van der Waals surface area contributed by atoms with Gasteiger partial charge in [0, 0.05) is 11.9 Å². The number of hydrogen-bond acceptors (Lipinski definition) is 8. The van der Waals surface area contributed by atoms with Crippen molar-refractivity contribution in [2.24, 2.45) is 11.8 Å². The van der Waals surface area contributed by atoms with Gasteiger partial charge in [-0.25, -0.2) is 14.8 Å². The van der Waals surface area contributed by atoms with Gasteiger partial charge in [-0.1, -0.05) is 142 Å². The first kappa shape index (κ1) is 50.6. The summed E-state index contributed by atoms with van der Waals surface area (Å²) in [5.74, 6) is 4.54. The molecule has 6 N–H and O–H groups in total. The molecule has 2 aromatic heterocycles. The third-order valence-corrected chi connectivity index (χ3v) is 9.65. The molecule has 0 aliphatic carbocycles. The predicted molar refractivity (Wildman–Crippen MR) is 262 cm³/mol. The quantitative estimate of drug-likeness (QED) is 0.0690. The Morgan fingerprint density at radius 2 is 1.06 bits per heavy atom. The summed E-state index contributed by atoms with van der Waals surface area (Å²) in [6.07, 6.45) is 0. The van der Waals surface area contributed by atoms with Crippen LogP contribution in [0.1, 0.15) is 46.8 Å². The van der Waals surface area contributed by atoms with Gasteiger partial charge in [0.1, 0.15) is 42.1 Å². The molecule has 8 rings (SSSR count). The number of carboxylic acid groups (broad SMARTS) is 1. The zero-order valence-corrected chi connectivity index (χ0v) is 37.3. The van der Waals surface area contributed by atoms with Gasteiger partial charge >= 0.3 is 5.97 Å². The molecule has 0 aliphatic rings. The minimum atomic E-state index is -0.964. The largest absolute Gasteiger partial charge is 0.486 e. The Morgan fingerprint density at radius 3 is 1.54 bits per heavy atom. The number of nitrogens with one attached hydrogen (secondary N) is 1. The summed E-state index contributed by atoms with van der Waals surface area (Å²) in [5, 5.41) is 9.37. The molecule has 0 spiro atoms. The van der Waals surface area contributed by atoms with E-state index in [0.29, 0.717) is 36.3 Å². The lowest BCUT2D eigenvalue weighted by molar-refractivity contribution is -0.139. The summed E-state index contributed by atoms with van der Waals surface area (Å²) in [4.78, 5) is 22.4. The predicted octanol–water partition coefficient (Wildman–Crippen LogP) is 12.1. The maximum atomic E-state index is 10.0. The SMILES string of the molecule is C.CC(C)CBr.CC(C)Cn1c(COc2ccccc2)nc2ccccc21.Nc1ccccc1N.O=C(O)COc1ccccc1.c1ccc(OCc2nc3ccccc3[nH]2)cc1. The average Bonchev–Trinajstić information content (AvgIpc) is 3.87. The molecule has 332 valence electrons. The number of anilines is 2. The van der Waals surface area contributed by atoms with Crippen LogP contribution in [0.2, 0.25) is 0 Å². The summed E-state index contributed by atoms with van der Waals surface area (Å²) < 4.78 is 18.6. The molecule has 0 amide bonds. The number of hydrogen-bond donors (Lipinski definition) is 4. The van der Waals surface area contributed by atoms with Crippen molar-refractivity contribution in [2.75, 3.05) is 23.4 Å². The van der Waals surface area contributed by atoms with Gasteiger partial charge in [-0.2, -0.15) is 0 Å². The van der Waals surface area contributed by atoms with Crippen molar-refractivity contribution < 1.29 is 24.1 Å². The van der Waals surface area contributed by atoms with Gasteiger partial charge in [0.2, 0.25) is 0 Å². The number of fused-ring (bicyclic) bond motifs is 2. The van der Waals surface area contributed by atoms with E-state index in [2.05, 4.69) is 76.4 Å². The molecule has 0 aliphatic heterocycles. The number of carboxylic acids is 1. The van der Waals surface area contributed by atoms with E-state index < -0.39 is 5.97 Å². The lowest BCUT2D eigenvalue weighted by Gasteiger charge is -2.12.